The number of hydrogen-bond donors (Lipinski definition) is 2. The number of carbonyl (C=O) groups excluding carboxylic acids is 2. The van der Waals surface area contributed by atoms with Crippen LogP contribution >= 0.6 is 35.4 Å². The van der Waals surface area contributed by atoms with Crippen molar-refractivity contribution in [1.82, 2.24) is 5.32 Å². The predicted octanol–water partition coefficient (Wildman–Crippen LogP) is 5.10. The van der Waals surface area contributed by atoms with Crippen LogP contribution in [0.4, 0.5) is 5.69 Å². The van der Waals surface area contributed by atoms with Crippen molar-refractivity contribution in [3.05, 3.63) is 99.0 Å². The first kappa shape index (κ1) is 24.4. The second-order valence-corrected chi connectivity index (χ2v) is 8.57. The van der Waals surface area contributed by atoms with Gasteiger partial charge in [-0.3, -0.25) is 19.8 Å². The van der Waals surface area contributed by atoms with E-state index < -0.39 is 17.8 Å². The summed E-state index contributed by atoms with van der Waals surface area (Å²) >= 11 is 17.5. The van der Waals surface area contributed by atoms with Gasteiger partial charge in [0.1, 0.15) is 17.9 Å². The average Bonchev–Trinajstić information content (AvgIpc) is 2.84. The van der Waals surface area contributed by atoms with Crippen molar-refractivity contribution in [2.24, 2.45) is 0 Å². The van der Waals surface area contributed by atoms with Crippen LogP contribution in [-0.2, 0) is 16.2 Å². The molecule has 1 fully saturated rings. The topological polar surface area (TPSA) is 95.9 Å². The molecule has 2 amide bonds. The molecule has 3 aromatic rings. The largest absolute Gasteiger partial charge is 0.489 e. The fraction of sp³-hybridized carbons (Fsp3) is 0.0400. The van der Waals surface area contributed by atoms with Gasteiger partial charge in [0.15, 0.2) is 5.11 Å². The molecule has 10 heteroatoms. The van der Waals surface area contributed by atoms with Crippen molar-refractivity contribution in [3.63, 3.8) is 0 Å². The zero-order valence-corrected chi connectivity index (χ0v) is 20.2. The number of halogens is 2. The molecule has 1 aliphatic rings. The molecule has 0 spiro atoms. The smallest absolute Gasteiger partial charge is 0.335 e. The third kappa shape index (κ3) is 5.35. The van der Waals surface area contributed by atoms with Crippen molar-refractivity contribution >= 4 is 70.1 Å². The Kier molecular flexibility index (Phi) is 7.16. The van der Waals surface area contributed by atoms with Gasteiger partial charge in [-0.05, 0) is 65.8 Å². The molecular formula is C25H16Cl2N2O5S. The van der Waals surface area contributed by atoms with Crippen molar-refractivity contribution in [2.45, 2.75) is 6.61 Å². The second-order valence-electron chi connectivity index (χ2n) is 7.39. The first-order valence-corrected chi connectivity index (χ1v) is 11.3. The molecule has 1 aliphatic heterocycles. The molecule has 0 bridgehead atoms. The summed E-state index contributed by atoms with van der Waals surface area (Å²) in [4.78, 5) is 37.9. The lowest BCUT2D eigenvalue weighted by atomic mass is 10.1. The second kappa shape index (κ2) is 10.3. The molecule has 1 heterocycles. The Morgan fingerprint density at radius 2 is 1.77 bits per heavy atom. The summed E-state index contributed by atoms with van der Waals surface area (Å²) in [5.41, 5.74) is 1.59. The Morgan fingerprint density at radius 3 is 2.49 bits per heavy atom. The lowest BCUT2D eigenvalue weighted by molar-refractivity contribution is -0.122. The summed E-state index contributed by atoms with van der Waals surface area (Å²) in [6, 6.07) is 17.9. The monoisotopic (exact) mass is 526 g/mol. The molecule has 2 N–H and O–H groups in total. The van der Waals surface area contributed by atoms with Crippen LogP contribution in [0.3, 0.4) is 0 Å². The maximum atomic E-state index is 13.2. The third-order valence-corrected chi connectivity index (χ3v) is 6.14. The van der Waals surface area contributed by atoms with Gasteiger partial charge in [-0.25, -0.2) is 4.79 Å². The molecular weight excluding hydrogens is 511 g/mol. The zero-order chi connectivity index (χ0) is 25.1. The van der Waals surface area contributed by atoms with E-state index in [1.807, 2.05) is 0 Å². The van der Waals surface area contributed by atoms with Gasteiger partial charge in [0.25, 0.3) is 11.8 Å². The number of nitrogens with zero attached hydrogens (tertiary/aromatic N) is 1. The molecule has 0 saturated carbocycles. The summed E-state index contributed by atoms with van der Waals surface area (Å²) in [6.07, 6.45) is 1.44. The molecule has 0 aromatic heterocycles. The minimum atomic E-state index is -1.01. The van der Waals surface area contributed by atoms with Crippen molar-refractivity contribution < 1.29 is 24.2 Å². The molecule has 1 saturated heterocycles. The number of hydrogen-bond acceptors (Lipinski definition) is 5. The first-order valence-electron chi connectivity index (χ1n) is 10.1. The minimum Gasteiger partial charge on any atom is -0.489 e. The van der Waals surface area contributed by atoms with E-state index in [-0.39, 0.29) is 38.6 Å². The molecule has 35 heavy (non-hydrogen) atoms. The van der Waals surface area contributed by atoms with Crippen LogP contribution in [0.25, 0.3) is 6.08 Å². The number of carboxylic acid groups (broad SMARTS) is 1. The van der Waals surface area contributed by atoms with E-state index in [0.717, 1.165) is 4.90 Å². The van der Waals surface area contributed by atoms with Gasteiger partial charge in [-0.15, -0.1) is 0 Å². The van der Waals surface area contributed by atoms with E-state index in [2.05, 4.69) is 5.32 Å². The number of ether oxygens (including phenoxy) is 1. The number of nitrogens with one attached hydrogen (secondary N) is 1. The van der Waals surface area contributed by atoms with E-state index in [4.69, 9.17) is 45.3 Å². The van der Waals surface area contributed by atoms with Crippen molar-refractivity contribution in [3.8, 4) is 5.75 Å². The quantitative estimate of drug-likeness (QED) is 0.263. The van der Waals surface area contributed by atoms with Crippen LogP contribution in [0, 0.1) is 0 Å². The number of aromatic carboxylic acids is 1. The van der Waals surface area contributed by atoms with E-state index >= 15 is 0 Å². The number of carbonyl (C=O) groups is 3. The molecule has 0 atom stereocenters. The summed E-state index contributed by atoms with van der Waals surface area (Å²) in [6.45, 7) is 0.176. The Bertz CT molecular complexity index is 1390. The standard InChI is InChI=1S/C25H16Cl2N2O5S/c26-19-5-2-6-20(21(19)27)29-23(31)18(22(30)28-25(29)35)12-14-7-9-17(10-8-14)34-13-15-3-1-4-16(11-15)24(32)33/h1-12H,13H2,(H,32,33)(H,28,30,35)/b18-12+. The van der Waals surface area contributed by atoms with Crippen LogP contribution in [0.1, 0.15) is 21.5 Å². The molecule has 176 valence electrons. The Morgan fingerprint density at radius 1 is 1.06 bits per heavy atom. The van der Waals surface area contributed by atoms with E-state index in [1.165, 1.54) is 18.2 Å². The van der Waals surface area contributed by atoms with Gasteiger partial charge < -0.3 is 9.84 Å². The van der Waals surface area contributed by atoms with Gasteiger partial charge >= 0.3 is 5.97 Å². The van der Waals surface area contributed by atoms with Gasteiger partial charge in [-0.1, -0.05) is 53.5 Å². The van der Waals surface area contributed by atoms with E-state index in [0.29, 0.717) is 16.9 Å². The lowest BCUT2D eigenvalue weighted by Crippen LogP contribution is -2.54. The number of amides is 2. The summed E-state index contributed by atoms with van der Waals surface area (Å²) < 4.78 is 5.71. The molecule has 7 nitrogen and oxygen atoms in total. The molecule has 0 radical (unpaired) electrons. The van der Waals surface area contributed by atoms with Gasteiger partial charge in [0, 0.05) is 0 Å². The highest BCUT2D eigenvalue weighted by Crippen LogP contribution is 2.34. The van der Waals surface area contributed by atoms with Crippen LogP contribution in [0.15, 0.2) is 72.3 Å². The van der Waals surface area contributed by atoms with Crippen molar-refractivity contribution in [2.75, 3.05) is 4.90 Å². The first-order chi connectivity index (χ1) is 16.7. The normalized spacial score (nSPS) is 14.7. The zero-order valence-electron chi connectivity index (χ0n) is 17.8. The fourth-order valence-electron chi connectivity index (χ4n) is 3.33. The fourth-order valence-corrected chi connectivity index (χ4v) is 3.98. The van der Waals surface area contributed by atoms with Crippen molar-refractivity contribution in [1.29, 1.82) is 0 Å². The molecule has 0 aliphatic carbocycles. The highest BCUT2D eigenvalue weighted by atomic mass is 35.5. The number of anilines is 1. The number of benzene rings is 3. The highest BCUT2D eigenvalue weighted by molar-refractivity contribution is 7.80. The lowest BCUT2D eigenvalue weighted by Gasteiger charge is -2.29. The Hall–Kier alpha value is -3.72. The molecule has 0 unspecified atom stereocenters. The number of rotatable bonds is 6. The SMILES string of the molecule is O=C1NC(=S)N(c2cccc(Cl)c2Cl)C(=O)/C1=C/c1ccc(OCc2cccc(C(=O)O)c2)cc1. The average molecular weight is 527 g/mol. The van der Waals surface area contributed by atoms with Gasteiger partial charge in [-0.2, -0.15) is 0 Å². The minimum absolute atomic E-state index is 0.1000. The molecule has 3 aromatic carbocycles. The maximum Gasteiger partial charge on any atom is 0.335 e. The van der Waals surface area contributed by atoms with Crippen LogP contribution in [0.5, 0.6) is 5.75 Å². The summed E-state index contributed by atoms with van der Waals surface area (Å²) in [5, 5.41) is 11.9. The highest BCUT2D eigenvalue weighted by Gasteiger charge is 2.35. The summed E-state index contributed by atoms with van der Waals surface area (Å²) in [5.74, 6) is -1.75. The van der Waals surface area contributed by atoms with E-state index in [9.17, 15) is 14.4 Å². The number of carboxylic acids is 1. The predicted molar refractivity (Wildman–Crippen MR) is 137 cm³/mol. The number of thiocarbonyl (C=S) groups is 1. The van der Waals surface area contributed by atoms with Gasteiger partial charge in [0.2, 0.25) is 0 Å². The van der Waals surface area contributed by atoms with Crippen LogP contribution < -0.4 is 15.0 Å². The third-order valence-electron chi connectivity index (χ3n) is 5.04. The van der Waals surface area contributed by atoms with Crippen LogP contribution in [-0.4, -0.2) is 28.0 Å². The molecule has 4 rings (SSSR count). The maximum absolute atomic E-state index is 13.2. The Balaban J connectivity index is 1.52. The van der Waals surface area contributed by atoms with Gasteiger partial charge in [0.05, 0.1) is 21.3 Å². The Labute approximate surface area is 215 Å². The summed E-state index contributed by atoms with van der Waals surface area (Å²) in [7, 11) is 0. The van der Waals surface area contributed by atoms with Crippen LogP contribution in [0.2, 0.25) is 10.0 Å². The van der Waals surface area contributed by atoms with E-state index in [1.54, 1.807) is 54.6 Å².